The third kappa shape index (κ3) is 4.21. The predicted octanol–water partition coefficient (Wildman–Crippen LogP) is 4.93. The Labute approximate surface area is 170 Å². The van der Waals surface area contributed by atoms with E-state index in [9.17, 15) is 9.59 Å². The van der Waals surface area contributed by atoms with Gasteiger partial charge in [-0.25, -0.2) is 0 Å². The molecule has 0 saturated carbocycles. The normalized spacial score (nSPS) is 16.1. The molecule has 3 aromatic rings. The standard InChI is InChI=1S/C25H23NO3/c1-17-12-18(2)14-22(13-17)26-16-21(15-24(26)27)25(28)29-23-10-8-20(9-11-23)19-6-4-3-5-7-19/h3-14,21H,15-16H2,1-2H3/t21-/m1/s1. The van der Waals surface area contributed by atoms with Gasteiger partial charge in [0, 0.05) is 18.7 Å². The Morgan fingerprint density at radius 3 is 2.17 bits per heavy atom. The van der Waals surface area contributed by atoms with Crippen molar-refractivity contribution in [2.24, 2.45) is 5.92 Å². The van der Waals surface area contributed by atoms with Crippen LogP contribution in [-0.2, 0) is 9.59 Å². The largest absolute Gasteiger partial charge is 0.426 e. The minimum absolute atomic E-state index is 0.0450. The summed E-state index contributed by atoms with van der Waals surface area (Å²) in [4.78, 5) is 26.8. The first kappa shape index (κ1) is 18.9. The zero-order valence-electron chi connectivity index (χ0n) is 16.6. The summed E-state index contributed by atoms with van der Waals surface area (Å²) < 4.78 is 5.55. The van der Waals surface area contributed by atoms with E-state index in [1.807, 2.05) is 68.4 Å². The van der Waals surface area contributed by atoms with E-state index in [1.165, 1.54) is 0 Å². The zero-order chi connectivity index (χ0) is 20.4. The van der Waals surface area contributed by atoms with Gasteiger partial charge in [0.15, 0.2) is 0 Å². The number of carbonyl (C=O) groups excluding carboxylic acids is 2. The van der Waals surface area contributed by atoms with E-state index in [0.29, 0.717) is 12.3 Å². The van der Waals surface area contributed by atoms with Crippen LogP contribution in [-0.4, -0.2) is 18.4 Å². The molecule has 1 atom stereocenters. The van der Waals surface area contributed by atoms with Gasteiger partial charge in [-0.1, -0.05) is 48.5 Å². The lowest BCUT2D eigenvalue weighted by Gasteiger charge is -2.18. The number of nitrogens with zero attached hydrogens (tertiary/aromatic N) is 1. The number of carbonyl (C=O) groups is 2. The SMILES string of the molecule is Cc1cc(C)cc(N2C[C@H](C(=O)Oc3ccc(-c4ccccc4)cc3)CC2=O)c1. The number of anilines is 1. The van der Waals surface area contributed by atoms with E-state index in [4.69, 9.17) is 4.74 Å². The summed E-state index contributed by atoms with van der Waals surface area (Å²) in [7, 11) is 0. The van der Waals surface area contributed by atoms with Gasteiger partial charge in [0.25, 0.3) is 0 Å². The molecule has 4 nitrogen and oxygen atoms in total. The fraction of sp³-hybridized carbons (Fsp3) is 0.200. The molecule has 4 heteroatoms. The highest BCUT2D eigenvalue weighted by Gasteiger charge is 2.36. The van der Waals surface area contributed by atoms with Crippen molar-refractivity contribution < 1.29 is 14.3 Å². The molecule has 0 spiro atoms. The fourth-order valence-corrected chi connectivity index (χ4v) is 3.77. The number of ether oxygens (including phenoxy) is 1. The monoisotopic (exact) mass is 385 g/mol. The van der Waals surface area contributed by atoms with Gasteiger partial charge in [0.2, 0.25) is 5.91 Å². The quantitative estimate of drug-likeness (QED) is 0.473. The van der Waals surface area contributed by atoms with Crippen LogP contribution in [0.5, 0.6) is 5.75 Å². The topological polar surface area (TPSA) is 46.6 Å². The van der Waals surface area contributed by atoms with E-state index in [1.54, 1.807) is 17.0 Å². The number of rotatable bonds is 4. The summed E-state index contributed by atoms with van der Waals surface area (Å²) in [6.45, 7) is 4.35. The van der Waals surface area contributed by atoms with Gasteiger partial charge in [0.1, 0.15) is 5.75 Å². The lowest BCUT2D eigenvalue weighted by Crippen LogP contribution is -2.27. The molecule has 1 saturated heterocycles. The second-order valence-corrected chi connectivity index (χ2v) is 7.56. The molecule has 0 radical (unpaired) electrons. The number of esters is 1. The summed E-state index contributed by atoms with van der Waals surface area (Å²) in [6, 6.07) is 23.5. The van der Waals surface area contributed by atoms with Crippen molar-refractivity contribution in [3.63, 3.8) is 0 Å². The van der Waals surface area contributed by atoms with Gasteiger partial charge in [-0.15, -0.1) is 0 Å². The van der Waals surface area contributed by atoms with Crippen LogP contribution in [0.25, 0.3) is 11.1 Å². The number of aryl methyl sites for hydroxylation is 2. The molecule has 1 aliphatic heterocycles. The first-order valence-electron chi connectivity index (χ1n) is 9.75. The minimum atomic E-state index is -0.461. The average molecular weight is 385 g/mol. The molecule has 146 valence electrons. The van der Waals surface area contributed by atoms with E-state index in [0.717, 1.165) is 27.9 Å². The van der Waals surface area contributed by atoms with Crippen molar-refractivity contribution in [1.29, 1.82) is 0 Å². The third-order valence-corrected chi connectivity index (χ3v) is 5.16. The van der Waals surface area contributed by atoms with E-state index >= 15 is 0 Å². The van der Waals surface area contributed by atoms with Crippen LogP contribution in [0.2, 0.25) is 0 Å². The maximum absolute atomic E-state index is 12.6. The molecule has 0 N–H and O–H groups in total. The first-order valence-corrected chi connectivity index (χ1v) is 9.75. The average Bonchev–Trinajstić information content (AvgIpc) is 3.10. The molecular formula is C25H23NO3. The summed E-state index contributed by atoms with van der Waals surface area (Å²) in [5.74, 6) is -0.377. The maximum atomic E-state index is 12.6. The van der Waals surface area contributed by atoms with Crippen molar-refractivity contribution in [3.05, 3.63) is 83.9 Å². The number of hydrogen-bond donors (Lipinski definition) is 0. The van der Waals surface area contributed by atoms with Gasteiger partial charge >= 0.3 is 5.97 Å². The summed E-state index contributed by atoms with van der Waals surface area (Å²) in [6.07, 6.45) is 0.175. The van der Waals surface area contributed by atoms with Crippen LogP contribution in [0.3, 0.4) is 0 Å². The Morgan fingerprint density at radius 2 is 1.52 bits per heavy atom. The van der Waals surface area contributed by atoms with Gasteiger partial charge in [-0.05, 0) is 60.4 Å². The highest BCUT2D eigenvalue weighted by atomic mass is 16.5. The van der Waals surface area contributed by atoms with E-state index in [-0.39, 0.29) is 18.3 Å². The maximum Gasteiger partial charge on any atom is 0.316 e. The van der Waals surface area contributed by atoms with Crippen LogP contribution < -0.4 is 9.64 Å². The predicted molar refractivity (Wildman–Crippen MR) is 114 cm³/mol. The van der Waals surface area contributed by atoms with Crippen molar-refractivity contribution in [3.8, 4) is 16.9 Å². The Kier molecular flexibility index (Phi) is 5.17. The molecule has 0 aliphatic carbocycles. The number of benzene rings is 3. The first-order chi connectivity index (χ1) is 14.0. The van der Waals surface area contributed by atoms with Crippen LogP contribution in [0, 0.1) is 19.8 Å². The lowest BCUT2D eigenvalue weighted by molar-refractivity contribution is -0.139. The smallest absolute Gasteiger partial charge is 0.316 e. The third-order valence-electron chi connectivity index (χ3n) is 5.16. The Bertz CT molecular complexity index is 1020. The Hall–Kier alpha value is -3.40. The van der Waals surface area contributed by atoms with E-state index in [2.05, 4.69) is 6.07 Å². The van der Waals surface area contributed by atoms with E-state index < -0.39 is 5.92 Å². The summed E-state index contributed by atoms with van der Waals surface area (Å²) in [5.41, 5.74) is 5.20. The van der Waals surface area contributed by atoms with Crippen molar-refractivity contribution in [1.82, 2.24) is 0 Å². The second-order valence-electron chi connectivity index (χ2n) is 7.56. The number of amides is 1. The second kappa shape index (κ2) is 7.92. The Morgan fingerprint density at radius 1 is 0.897 bits per heavy atom. The molecule has 1 fully saturated rings. The molecular weight excluding hydrogens is 362 g/mol. The highest BCUT2D eigenvalue weighted by molar-refractivity contribution is 5.99. The summed E-state index contributed by atoms with van der Waals surface area (Å²) in [5, 5.41) is 0. The van der Waals surface area contributed by atoms with Crippen LogP contribution in [0.4, 0.5) is 5.69 Å². The molecule has 0 unspecified atom stereocenters. The van der Waals surface area contributed by atoms with Gasteiger partial charge < -0.3 is 9.64 Å². The lowest BCUT2D eigenvalue weighted by atomic mass is 10.1. The van der Waals surface area contributed by atoms with Crippen LogP contribution in [0.15, 0.2) is 72.8 Å². The molecule has 4 rings (SSSR count). The van der Waals surface area contributed by atoms with Crippen molar-refractivity contribution in [2.75, 3.05) is 11.4 Å². The molecule has 0 aromatic heterocycles. The van der Waals surface area contributed by atoms with Crippen LogP contribution in [0.1, 0.15) is 17.5 Å². The van der Waals surface area contributed by atoms with Gasteiger partial charge in [-0.3, -0.25) is 9.59 Å². The molecule has 3 aromatic carbocycles. The van der Waals surface area contributed by atoms with Crippen LogP contribution >= 0.6 is 0 Å². The minimum Gasteiger partial charge on any atom is -0.426 e. The number of hydrogen-bond acceptors (Lipinski definition) is 3. The van der Waals surface area contributed by atoms with Gasteiger partial charge in [-0.2, -0.15) is 0 Å². The fourth-order valence-electron chi connectivity index (χ4n) is 3.77. The van der Waals surface area contributed by atoms with Crippen molar-refractivity contribution >= 4 is 17.6 Å². The highest BCUT2D eigenvalue weighted by Crippen LogP contribution is 2.28. The molecule has 1 amide bonds. The summed E-state index contributed by atoms with van der Waals surface area (Å²) >= 11 is 0. The molecule has 29 heavy (non-hydrogen) atoms. The molecule has 0 bridgehead atoms. The molecule has 1 aliphatic rings. The van der Waals surface area contributed by atoms with Crippen molar-refractivity contribution in [2.45, 2.75) is 20.3 Å². The Balaban J connectivity index is 1.43. The molecule has 1 heterocycles. The van der Waals surface area contributed by atoms with Gasteiger partial charge in [0.05, 0.1) is 5.92 Å². The zero-order valence-corrected chi connectivity index (χ0v) is 16.6.